The molecule has 0 aromatic heterocycles. The first-order valence-electron chi connectivity index (χ1n) is 10.2. The summed E-state index contributed by atoms with van der Waals surface area (Å²) in [6.45, 7) is 7.69. The van der Waals surface area contributed by atoms with Crippen molar-refractivity contribution in [2.24, 2.45) is 28.5 Å². The third-order valence-corrected chi connectivity index (χ3v) is 5.71. The highest BCUT2D eigenvalue weighted by Crippen LogP contribution is 2.40. The molecule has 0 bridgehead atoms. The molecule has 1 rings (SSSR count). The first-order valence-corrected chi connectivity index (χ1v) is 10.2. The van der Waals surface area contributed by atoms with Crippen molar-refractivity contribution in [3.8, 4) is 0 Å². The van der Waals surface area contributed by atoms with Crippen LogP contribution < -0.4 is 11.1 Å². The maximum Gasteiger partial charge on any atom is 0.311 e. The first-order chi connectivity index (χ1) is 12.8. The second-order valence-corrected chi connectivity index (χ2v) is 7.53. The minimum atomic E-state index is -0.928. The van der Waals surface area contributed by atoms with Crippen molar-refractivity contribution in [1.82, 2.24) is 5.32 Å². The van der Waals surface area contributed by atoms with Gasteiger partial charge >= 0.3 is 5.97 Å². The Hall–Kier alpha value is -1.63. The third kappa shape index (κ3) is 6.19. The number of nitrogens with one attached hydrogen (secondary N) is 1. The molecule has 5 atom stereocenters. The minimum Gasteiger partial charge on any atom is -0.469 e. The van der Waals surface area contributed by atoms with Crippen molar-refractivity contribution in [3.63, 3.8) is 0 Å². The van der Waals surface area contributed by atoms with Crippen LogP contribution in [-0.4, -0.2) is 48.1 Å². The number of aliphatic imine (C=N–C) groups is 1. The van der Waals surface area contributed by atoms with Gasteiger partial charge in [0, 0.05) is 25.3 Å². The smallest absolute Gasteiger partial charge is 0.311 e. The number of amides is 1. The molecule has 27 heavy (non-hydrogen) atoms. The number of ether oxygens (including phenoxy) is 1. The second kappa shape index (κ2) is 11.3. The summed E-state index contributed by atoms with van der Waals surface area (Å²) >= 11 is 0. The van der Waals surface area contributed by atoms with Crippen LogP contribution in [0.2, 0.25) is 0 Å². The van der Waals surface area contributed by atoms with Crippen LogP contribution in [0.1, 0.15) is 66.2 Å². The van der Waals surface area contributed by atoms with E-state index in [0.717, 1.165) is 25.7 Å². The van der Waals surface area contributed by atoms with Gasteiger partial charge in [-0.2, -0.15) is 0 Å². The lowest BCUT2D eigenvalue weighted by atomic mass is 9.80. The average Bonchev–Trinajstić information content (AvgIpc) is 2.94. The molecule has 0 saturated heterocycles. The molecule has 5 unspecified atom stereocenters. The van der Waals surface area contributed by atoms with Crippen LogP contribution >= 0.6 is 0 Å². The van der Waals surface area contributed by atoms with Gasteiger partial charge in [-0.1, -0.05) is 40.0 Å². The topological polar surface area (TPSA) is 114 Å². The molecular weight excluding hydrogens is 346 g/mol. The Balaban J connectivity index is 3.25. The zero-order valence-corrected chi connectivity index (χ0v) is 17.4. The molecule has 1 fully saturated rings. The highest BCUT2D eigenvalue weighted by molar-refractivity contribution is 5.81. The molecule has 0 spiro atoms. The van der Waals surface area contributed by atoms with E-state index in [1.165, 1.54) is 14.0 Å². The van der Waals surface area contributed by atoms with Crippen molar-refractivity contribution in [3.05, 3.63) is 0 Å². The largest absolute Gasteiger partial charge is 0.469 e. The lowest BCUT2D eigenvalue weighted by Gasteiger charge is -2.35. The van der Waals surface area contributed by atoms with Crippen molar-refractivity contribution in [2.45, 2.75) is 84.4 Å². The molecule has 0 aliphatic heterocycles. The predicted molar refractivity (Wildman–Crippen MR) is 106 cm³/mol. The van der Waals surface area contributed by atoms with Gasteiger partial charge in [-0.25, -0.2) is 0 Å². The van der Waals surface area contributed by atoms with E-state index in [-0.39, 0.29) is 29.8 Å². The number of unbranched alkanes of at least 4 members (excludes halogenated alkanes) is 1. The Labute approximate surface area is 163 Å². The molecule has 7 nitrogen and oxygen atoms in total. The van der Waals surface area contributed by atoms with Gasteiger partial charge in [-0.15, -0.1) is 0 Å². The summed E-state index contributed by atoms with van der Waals surface area (Å²) in [4.78, 5) is 28.7. The number of carbonyl (C=O) groups excluding carboxylic acids is 2. The summed E-state index contributed by atoms with van der Waals surface area (Å²) in [7, 11) is 1.32. The Kier molecular flexibility index (Phi) is 9.77. The molecule has 7 heteroatoms. The van der Waals surface area contributed by atoms with Crippen molar-refractivity contribution in [2.75, 3.05) is 7.11 Å². The molecule has 1 aliphatic rings. The number of methoxy groups -OCH3 is 1. The highest BCUT2D eigenvalue weighted by Gasteiger charge is 2.51. The highest BCUT2D eigenvalue weighted by atomic mass is 16.5. The van der Waals surface area contributed by atoms with Crippen LogP contribution in [0.15, 0.2) is 4.99 Å². The lowest BCUT2D eigenvalue weighted by Crippen LogP contribution is -2.50. The molecule has 0 radical (unpaired) electrons. The fraction of sp³-hybridized carbons (Fsp3) is 0.850. The van der Waals surface area contributed by atoms with E-state index in [1.807, 2.05) is 0 Å². The van der Waals surface area contributed by atoms with E-state index >= 15 is 0 Å². The van der Waals surface area contributed by atoms with E-state index in [2.05, 4.69) is 31.1 Å². The molecule has 4 N–H and O–H groups in total. The Morgan fingerprint density at radius 1 is 1.30 bits per heavy atom. The van der Waals surface area contributed by atoms with Gasteiger partial charge in [0.15, 0.2) is 0 Å². The number of esters is 1. The summed E-state index contributed by atoms with van der Waals surface area (Å²) in [5.41, 5.74) is 6.11. The molecule has 1 amide bonds. The van der Waals surface area contributed by atoms with E-state index in [1.54, 1.807) is 0 Å². The minimum absolute atomic E-state index is 0.151. The molecule has 0 aromatic rings. The van der Waals surface area contributed by atoms with Gasteiger partial charge in [-0.3, -0.25) is 14.6 Å². The summed E-state index contributed by atoms with van der Waals surface area (Å²) in [6.07, 6.45) is 3.81. The van der Waals surface area contributed by atoms with Crippen LogP contribution in [0.4, 0.5) is 0 Å². The third-order valence-electron chi connectivity index (χ3n) is 5.71. The molecule has 1 saturated carbocycles. The second-order valence-electron chi connectivity index (χ2n) is 7.53. The van der Waals surface area contributed by atoms with Crippen LogP contribution in [0, 0.1) is 17.8 Å². The van der Waals surface area contributed by atoms with Crippen LogP contribution in [0.25, 0.3) is 0 Å². The zero-order chi connectivity index (χ0) is 20.6. The van der Waals surface area contributed by atoms with Gasteiger partial charge in [0.2, 0.25) is 5.91 Å². The zero-order valence-electron chi connectivity index (χ0n) is 17.4. The van der Waals surface area contributed by atoms with Crippen LogP contribution in [0.3, 0.4) is 0 Å². The number of amidine groups is 1. The van der Waals surface area contributed by atoms with Gasteiger partial charge in [-0.05, 0) is 18.8 Å². The van der Waals surface area contributed by atoms with E-state index in [0.29, 0.717) is 18.7 Å². The first kappa shape index (κ1) is 23.4. The monoisotopic (exact) mass is 383 g/mol. The average molecular weight is 384 g/mol. The van der Waals surface area contributed by atoms with Crippen molar-refractivity contribution in [1.29, 1.82) is 0 Å². The summed E-state index contributed by atoms with van der Waals surface area (Å²) < 4.78 is 4.88. The number of aliphatic hydroxyl groups is 1. The standard InChI is InChI=1S/C20H37N3O4/c1-6-9-10-16(21)23-15-11-14(20(26)27-5)19(25)17(15)18(22-12(4)24)13(7-2)8-3/h13-15,17-19,25H,6-11H2,1-5H3,(H2,21,23)(H,22,24). The van der Waals surface area contributed by atoms with E-state index in [9.17, 15) is 14.7 Å². The van der Waals surface area contributed by atoms with Gasteiger partial charge < -0.3 is 20.9 Å². The van der Waals surface area contributed by atoms with Gasteiger partial charge in [0.05, 0.1) is 31.0 Å². The fourth-order valence-corrected chi connectivity index (χ4v) is 4.23. The summed E-state index contributed by atoms with van der Waals surface area (Å²) in [6, 6.07) is -0.590. The van der Waals surface area contributed by atoms with Crippen molar-refractivity contribution >= 4 is 17.7 Å². The number of nitrogens with zero attached hydrogens (tertiary/aromatic N) is 1. The molecule has 156 valence electrons. The maximum absolute atomic E-state index is 12.2. The molecule has 1 aliphatic carbocycles. The Morgan fingerprint density at radius 3 is 2.41 bits per heavy atom. The fourth-order valence-electron chi connectivity index (χ4n) is 4.23. The number of aliphatic hydroxyl groups excluding tert-OH is 1. The van der Waals surface area contributed by atoms with Crippen LogP contribution in [0.5, 0.6) is 0 Å². The number of hydrogen-bond donors (Lipinski definition) is 3. The normalized spacial score (nSPS) is 26.9. The quantitative estimate of drug-likeness (QED) is 0.303. The van der Waals surface area contributed by atoms with Gasteiger partial charge in [0.1, 0.15) is 0 Å². The SMILES string of the molecule is CCCCC(N)=NC1CC(C(=O)OC)C(O)C1C(NC(C)=O)C(CC)CC. The maximum atomic E-state index is 12.2. The van der Waals surface area contributed by atoms with Gasteiger partial charge in [0.25, 0.3) is 0 Å². The van der Waals surface area contributed by atoms with Crippen LogP contribution in [-0.2, 0) is 14.3 Å². The predicted octanol–water partition coefficient (Wildman–Crippen LogP) is 2.01. The summed E-state index contributed by atoms with van der Waals surface area (Å²) in [5.74, 6) is -0.901. The molecule has 0 aromatic carbocycles. The number of rotatable bonds is 10. The lowest BCUT2D eigenvalue weighted by molar-refractivity contribution is -0.149. The summed E-state index contributed by atoms with van der Waals surface area (Å²) in [5, 5.41) is 14.0. The Bertz CT molecular complexity index is 519. The number of carbonyl (C=O) groups is 2. The molecule has 0 heterocycles. The Morgan fingerprint density at radius 2 is 1.93 bits per heavy atom. The van der Waals surface area contributed by atoms with Crippen molar-refractivity contribution < 1.29 is 19.4 Å². The molecular formula is C20H37N3O4. The number of nitrogens with two attached hydrogens (primary N) is 1. The van der Waals surface area contributed by atoms with E-state index < -0.39 is 18.0 Å². The van der Waals surface area contributed by atoms with E-state index in [4.69, 9.17) is 10.5 Å². The number of hydrogen-bond acceptors (Lipinski definition) is 5.